The molecule has 3 aliphatic heterocycles. The van der Waals surface area contributed by atoms with Gasteiger partial charge in [0.05, 0.1) is 46.6 Å². The van der Waals surface area contributed by atoms with Crippen molar-refractivity contribution in [3.63, 3.8) is 0 Å². The molecule has 56 heavy (non-hydrogen) atoms. The average Bonchev–Trinajstić information content (AvgIpc) is 3.54. The van der Waals surface area contributed by atoms with Gasteiger partial charge < -0.3 is 10.1 Å². The van der Waals surface area contributed by atoms with Crippen LogP contribution < -0.4 is 20.3 Å². The van der Waals surface area contributed by atoms with Crippen molar-refractivity contribution in [1.82, 2.24) is 44.2 Å². The Bertz CT molecular complexity index is 2230. The molecule has 3 aliphatic rings. The lowest BCUT2D eigenvalue weighted by molar-refractivity contribution is -0.120. The van der Waals surface area contributed by atoms with E-state index in [9.17, 15) is 22.6 Å². The van der Waals surface area contributed by atoms with Crippen LogP contribution in [0.15, 0.2) is 72.1 Å². The molecular formula is C38H41F2N11O4S. The molecule has 18 heteroatoms. The second-order valence-electron chi connectivity index (χ2n) is 14.2. The van der Waals surface area contributed by atoms with Crippen LogP contribution in [0.5, 0.6) is 5.75 Å². The number of benzene rings is 2. The Morgan fingerprint density at radius 1 is 0.929 bits per heavy atom. The van der Waals surface area contributed by atoms with Gasteiger partial charge in [-0.05, 0) is 74.5 Å². The van der Waals surface area contributed by atoms with Gasteiger partial charge in [-0.2, -0.15) is 13.9 Å². The van der Waals surface area contributed by atoms with Crippen LogP contribution in [0.25, 0.3) is 22.2 Å². The number of likely N-dealkylation sites (tertiary alicyclic amines) is 1. The van der Waals surface area contributed by atoms with Gasteiger partial charge in [-0.3, -0.25) is 34.6 Å². The maximum atomic E-state index is 13.6. The number of imide groups is 1. The average molecular weight is 786 g/mol. The zero-order valence-corrected chi connectivity index (χ0v) is 31.5. The third-order valence-corrected chi connectivity index (χ3v) is 12.0. The summed E-state index contributed by atoms with van der Waals surface area (Å²) in [6.45, 7) is 1.11. The normalized spacial score (nSPS) is 18.4. The smallest absolute Gasteiger partial charge is 0.387 e. The Kier molecular flexibility index (Phi) is 10.9. The largest absolute Gasteiger partial charge is 0.432 e. The van der Waals surface area contributed by atoms with Crippen molar-refractivity contribution in [2.45, 2.75) is 62.1 Å². The van der Waals surface area contributed by atoms with E-state index in [2.05, 4.69) is 47.5 Å². The molecule has 0 saturated carbocycles. The van der Waals surface area contributed by atoms with Crippen LogP contribution in [0.2, 0.25) is 0 Å². The van der Waals surface area contributed by atoms with Crippen LogP contribution in [0.3, 0.4) is 0 Å². The van der Waals surface area contributed by atoms with Crippen molar-refractivity contribution in [2.24, 2.45) is 7.05 Å². The third kappa shape index (κ3) is 8.36. The summed E-state index contributed by atoms with van der Waals surface area (Å²) in [5, 5.41) is 11.1. The third-order valence-electron chi connectivity index (χ3n) is 10.5. The molecule has 3 fully saturated rings. The Morgan fingerprint density at radius 2 is 1.71 bits per heavy atom. The number of carbonyl (C=O) groups is 2. The van der Waals surface area contributed by atoms with Crippen molar-refractivity contribution in [3.05, 3.63) is 78.5 Å². The highest BCUT2D eigenvalue weighted by Gasteiger charge is 2.29. The van der Waals surface area contributed by atoms with E-state index in [0.717, 1.165) is 48.1 Å². The van der Waals surface area contributed by atoms with E-state index in [1.165, 1.54) is 22.9 Å². The highest BCUT2D eigenvalue weighted by atomic mass is 32.2. The molecule has 8 rings (SSSR count). The second-order valence-corrected chi connectivity index (χ2v) is 15.7. The Morgan fingerprint density at radius 3 is 2.43 bits per heavy atom. The highest BCUT2D eigenvalue weighted by molar-refractivity contribution is 7.82. The number of nitrogens with one attached hydrogen (secondary N) is 2. The summed E-state index contributed by atoms with van der Waals surface area (Å²) in [7, 11) is 0.516. The Labute approximate surface area is 324 Å². The van der Waals surface area contributed by atoms with Gasteiger partial charge in [0.15, 0.2) is 11.6 Å². The number of hydrogen-bond acceptors (Lipinski definition) is 11. The summed E-state index contributed by atoms with van der Waals surface area (Å²) in [6, 6.07) is 13.6. The molecule has 0 bridgehead atoms. The molecule has 5 aromatic rings. The maximum absolute atomic E-state index is 13.6. The lowest BCUT2D eigenvalue weighted by Crippen LogP contribution is -2.49. The number of aryl methyl sites for hydroxylation is 1. The van der Waals surface area contributed by atoms with Crippen molar-refractivity contribution >= 4 is 45.6 Å². The molecule has 0 radical (unpaired) electrons. The summed E-state index contributed by atoms with van der Waals surface area (Å²) in [6.07, 6.45) is 9.68. The number of ether oxygens (including phenoxy) is 1. The summed E-state index contributed by atoms with van der Waals surface area (Å²) in [4.78, 5) is 46.3. The number of anilines is 2. The molecule has 6 heterocycles. The van der Waals surface area contributed by atoms with Crippen molar-refractivity contribution in [1.29, 1.82) is 0 Å². The van der Waals surface area contributed by atoms with Crippen LogP contribution >= 0.6 is 0 Å². The number of nitrogens with zero attached hydrogens (tertiary/aromatic N) is 9. The summed E-state index contributed by atoms with van der Waals surface area (Å²) < 4.78 is 46.4. The fourth-order valence-electron chi connectivity index (χ4n) is 7.53. The maximum Gasteiger partial charge on any atom is 0.387 e. The first-order valence-corrected chi connectivity index (χ1v) is 19.7. The SMILES string of the molecule is Cn1nc(N2CCC(=O)NC2=O)c2ccc(C3CCN(Cc4cnc(-c5cccc(S(=O)N6CCC(Nc7ncc(OC(F)F)cn7)CC6)c5)cn4)CC3)cc21. The molecule has 1 unspecified atom stereocenters. The van der Waals surface area contributed by atoms with Crippen LogP contribution in [0.4, 0.5) is 25.3 Å². The standard InChI is InChI=1S/C38H41F2N11O4S/c1-48-33-18-25(5-6-31(33)35(47-48)51-16-11-34(52)46-38(51)53)24-7-12-49(13-8-24)23-28-19-42-32(22-41-28)26-3-2-4-30(17-26)56(54)50-14-9-27(10-15-50)45-37-43-20-29(21-44-37)55-36(39)40/h2-6,17-22,24,27,36H,7-16,23H2,1H3,(H,43,44,45)(H,46,52,53). The van der Waals surface area contributed by atoms with Gasteiger partial charge in [0.2, 0.25) is 11.9 Å². The van der Waals surface area contributed by atoms with Gasteiger partial charge in [0.25, 0.3) is 0 Å². The monoisotopic (exact) mass is 785 g/mol. The molecule has 2 N–H and O–H groups in total. The van der Waals surface area contributed by atoms with E-state index in [1.54, 1.807) is 10.9 Å². The molecule has 0 aliphatic carbocycles. The van der Waals surface area contributed by atoms with E-state index >= 15 is 0 Å². The Balaban J connectivity index is 0.823. The number of rotatable bonds is 11. The second kappa shape index (κ2) is 16.3. The minimum absolute atomic E-state index is 0.0567. The molecule has 292 valence electrons. The molecule has 1 atom stereocenters. The summed E-state index contributed by atoms with van der Waals surface area (Å²) in [5.41, 5.74) is 4.64. The number of fused-ring (bicyclic) bond motifs is 1. The van der Waals surface area contributed by atoms with Crippen molar-refractivity contribution in [2.75, 3.05) is 42.9 Å². The van der Waals surface area contributed by atoms with Gasteiger partial charge in [-0.15, -0.1) is 0 Å². The number of alkyl halides is 2. The first-order chi connectivity index (χ1) is 27.2. The minimum Gasteiger partial charge on any atom is -0.432 e. The molecule has 3 saturated heterocycles. The quantitative estimate of drug-likeness (QED) is 0.188. The molecule has 0 spiro atoms. The Hall–Kier alpha value is -5.46. The van der Waals surface area contributed by atoms with E-state index in [-0.39, 0.29) is 24.1 Å². The first-order valence-electron chi connectivity index (χ1n) is 18.6. The van der Waals surface area contributed by atoms with Crippen molar-refractivity contribution in [3.8, 4) is 17.0 Å². The predicted molar refractivity (Wildman–Crippen MR) is 204 cm³/mol. The summed E-state index contributed by atoms with van der Waals surface area (Å²) >= 11 is 0. The van der Waals surface area contributed by atoms with Gasteiger partial charge in [0, 0.05) is 56.6 Å². The number of urea groups is 1. The number of carbonyl (C=O) groups excluding carboxylic acids is 2. The fourth-order valence-corrected chi connectivity index (χ4v) is 8.79. The number of aromatic nitrogens is 6. The fraction of sp³-hybridized carbons (Fsp3) is 0.395. The number of piperidine rings is 2. The van der Waals surface area contributed by atoms with Gasteiger partial charge >= 0.3 is 12.6 Å². The van der Waals surface area contributed by atoms with E-state index in [4.69, 9.17) is 9.97 Å². The number of amides is 3. The molecular weight excluding hydrogens is 745 g/mol. The van der Waals surface area contributed by atoms with Crippen LogP contribution in [-0.4, -0.2) is 100 Å². The van der Waals surface area contributed by atoms with Gasteiger partial charge in [-0.25, -0.2) is 23.3 Å². The predicted octanol–water partition coefficient (Wildman–Crippen LogP) is 4.85. The van der Waals surface area contributed by atoms with E-state index in [1.807, 2.05) is 47.9 Å². The van der Waals surface area contributed by atoms with E-state index < -0.39 is 23.6 Å². The lowest BCUT2D eigenvalue weighted by atomic mass is 9.89. The van der Waals surface area contributed by atoms with Crippen LogP contribution in [0, 0.1) is 0 Å². The molecule has 3 aromatic heterocycles. The number of hydrogen-bond donors (Lipinski definition) is 2. The zero-order chi connectivity index (χ0) is 38.8. The zero-order valence-electron chi connectivity index (χ0n) is 30.7. The first kappa shape index (κ1) is 37.5. The van der Waals surface area contributed by atoms with Gasteiger partial charge in [-0.1, -0.05) is 18.2 Å². The minimum atomic E-state index is -2.93. The van der Waals surface area contributed by atoms with Crippen molar-refractivity contribution < 1.29 is 27.3 Å². The van der Waals surface area contributed by atoms with Gasteiger partial charge in [0.1, 0.15) is 11.0 Å². The molecule has 15 nitrogen and oxygen atoms in total. The number of halogens is 2. The summed E-state index contributed by atoms with van der Waals surface area (Å²) in [5.74, 6) is 0.924. The van der Waals surface area contributed by atoms with Crippen LogP contribution in [0.1, 0.15) is 49.3 Å². The highest BCUT2D eigenvalue weighted by Crippen LogP contribution is 2.34. The lowest BCUT2D eigenvalue weighted by Gasteiger charge is -2.32. The van der Waals surface area contributed by atoms with E-state index in [0.29, 0.717) is 67.3 Å². The van der Waals surface area contributed by atoms with Crippen LogP contribution in [-0.2, 0) is 29.4 Å². The molecule has 2 aromatic carbocycles. The topological polar surface area (TPSA) is 164 Å². The molecule has 3 amide bonds.